The van der Waals surface area contributed by atoms with Crippen molar-refractivity contribution < 1.29 is 19.1 Å². The van der Waals surface area contributed by atoms with Crippen LogP contribution in [-0.4, -0.2) is 42.0 Å². The number of hydrogen-bond donors (Lipinski definition) is 2. The van der Waals surface area contributed by atoms with E-state index >= 15 is 0 Å². The third kappa shape index (κ3) is 5.20. The molecule has 2 saturated heterocycles. The van der Waals surface area contributed by atoms with E-state index in [1.807, 2.05) is 32.9 Å². The van der Waals surface area contributed by atoms with Crippen molar-refractivity contribution in [2.75, 3.05) is 18.0 Å². The topological polar surface area (TPSA) is 87.7 Å². The van der Waals surface area contributed by atoms with Crippen LogP contribution in [0.1, 0.15) is 32.8 Å². The van der Waals surface area contributed by atoms with Crippen molar-refractivity contribution in [1.29, 1.82) is 0 Å². The minimum atomic E-state index is -0.550. The molecule has 150 valence electrons. The number of halogens is 1. The average molecular weight is 424 g/mol. The van der Waals surface area contributed by atoms with Gasteiger partial charge < -0.3 is 15.0 Å². The van der Waals surface area contributed by atoms with E-state index in [1.165, 1.54) is 0 Å². The number of amides is 3. The molecule has 0 aliphatic carbocycles. The maximum Gasteiger partial charge on any atom is 0.407 e. The lowest BCUT2D eigenvalue weighted by molar-refractivity contribution is -0.115. The Morgan fingerprint density at radius 1 is 1.39 bits per heavy atom. The zero-order valence-electron chi connectivity index (χ0n) is 15.9. The minimum Gasteiger partial charge on any atom is -0.444 e. The van der Waals surface area contributed by atoms with Crippen LogP contribution in [0.5, 0.6) is 0 Å². The second-order valence-electron chi connectivity index (χ2n) is 7.63. The van der Waals surface area contributed by atoms with Crippen molar-refractivity contribution in [1.82, 2.24) is 10.6 Å². The molecule has 3 rings (SSSR count). The van der Waals surface area contributed by atoms with Gasteiger partial charge in [-0.1, -0.05) is 17.7 Å². The molecular weight excluding hydrogens is 402 g/mol. The highest BCUT2D eigenvalue weighted by Crippen LogP contribution is 2.33. The highest BCUT2D eigenvalue weighted by Gasteiger charge is 2.29. The number of nitrogens with zero attached hydrogens (tertiary/aromatic N) is 1. The van der Waals surface area contributed by atoms with Crippen molar-refractivity contribution in [3.63, 3.8) is 0 Å². The molecule has 0 radical (unpaired) electrons. The van der Waals surface area contributed by atoms with Gasteiger partial charge in [0.05, 0.1) is 10.9 Å². The lowest BCUT2D eigenvalue weighted by Crippen LogP contribution is -2.40. The van der Waals surface area contributed by atoms with Crippen LogP contribution in [0.2, 0.25) is 5.02 Å². The summed E-state index contributed by atoms with van der Waals surface area (Å²) in [6.07, 6.45) is 2.01. The molecule has 0 aromatic heterocycles. The highest BCUT2D eigenvalue weighted by molar-refractivity contribution is 8.18. The zero-order valence-corrected chi connectivity index (χ0v) is 17.4. The van der Waals surface area contributed by atoms with Crippen molar-refractivity contribution in [2.24, 2.45) is 0 Å². The molecule has 28 heavy (non-hydrogen) atoms. The van der Waals surface area contributed by atoms with Crippen molar-refractivity contribution in [3.8, 4) is 0 Å². The zero-order chi connectivity index (χ0) is 20.5. The monoisotopic (exact) mass is 423 g/mol. The summed E-state index contributed by atoms with van der Waals surface area (Å²) >= 11 is 7.06. The molecule has 1 unspecified atom stereocenters. The smallest absolute Gasteiger partial charge is 0.407 e. The van der Waals surface area contributed by atoms with E-state index in [-0.39, 0.29) is 11.3 Å². The summed E-state index contributed by atoms with van der Waals surface area (Å²) in [5.74, 6) is -0.401. The standard InChI is InChI=1S/C19H22ClN3O4S/c1-19(2,3)27-17(25)21-13-6-7-23(10-13)14-9-12(20)5-4-11(14)8-15-16(24)22-18(26)28-15/h4-5,8-9,13H,6-7,10H2,1-3H3,(H,21,25)(H,22,24,26). The fourth-order valence-corrected chi connectivity index (χ4v) is 3.89. The van der Waals surface area contributed by atoms with Crippen LogP contribution in [0.4, 0.5) is 15.3 Å². The van der Waals surface area contributed by atoms with E-state index in [4.69, 9.17) is 16.3 Å². The van der Waals surface area contributed by atoms with Gasteiger partial charge in [0, 0.05) is 23.8 Å². The molecule has 2 N–H and O–H groups in total. The van der Waals surface area contributed by atoms with Gasteiger partial charge in [0.15, 0.2) is 0 Å². The van der Waals surface area contributed by atoms with Gasteiger partial charge in [-0.25, -0.2) is 4.79 Å². The molecule has 0 bridgehead atoms. The largest absolute Gasteiger partial charge is 0.444 e. The van der Waals surface area contributed by atoms with Crippen LogP contribution in [0, 0.1) is 0 Å². The van der Waals surface area contributed by atoms with Crippen LogP contribution in [-0.2, 0) is 9.53 Å². The molecule has 0 spiro atoms. The Morgan fingerprint density at radius 3 is 2.79 bits per heavy atom. The Kier molecular flexibility index (Phi) is 5.90. The van der Waals surface area contributed by atoms with Crippen molar-refractivity contribution in [2.45, 2.75) is 38.8 Å². The van der Waals surface area contributed by atoms with Gasteiger partial charge in [-0.2, -0.15) is 0 Å². The van der Waals surface area contributed by atoms with Crippen LogP contribution >= 0.6 is 23.4 Å². The van der Waals surface area contributed by atoms with Gasteiger partial charge in [0.25, 0.3) is 11.1 Å². The SMILES string of the molecule is CC(C)(C)OC(=O)NC1CCN(c2cc(Cl)ccc2C=C2SC(=O)NC2=O)C1. The van der Waals surface area contributed by atoms with Crippen molar-refractivity contribution in [3.05, 3.63) is 33.7 Å². The summed E-state index contributed by atoms with van der Waals surface area (Å²) in [6.45, 7) is 6.77. The number of nitrogens with one attached hydrogen (secondary N) is 2. The molecule has 0 saturated carbocycles. The molecule has 1 aromatic rings. The maximum atomic E-state index is 12.0. The van der Waals surface area contributed by atoms with Crippen LogP contribution in [0.15, 0.2) is 23.1 Å². The summed E-state index contributed by atoms with van der Waals surface area (Å²) in [4.78, 5) is 37.7. The number of imide groups is 1. The van der Waals surface area contributed by atoms with Gasteiger partial charge >= 0.3 is 6.09 Å². The first-order valence-corrected chi connectivity index (χ1v) is 10.1. The molecular formula is C19H22ClN3O4S. The Morgan fingerprint density at radius 2 is 2.14 bits per heavy atom. The Labute approximate surface area is 172 Å². The number of rotatable bonds is 3. The molecule has 9 heteroatoms. The van der Waals surface area contributed by atoms with Crippen molar-refractivity contribution >= 4 is 52.4 Å². The molecule has 2 heterocycles. The maximum absolute atomic E-state index is 12.0. The molecule has 7 nitrogen and oxygen atoms in total. The molecule has 1 atom stereocenters. The summed E-state index contributed by atoms with van der Waals surface area (Å²) in [5.41, 5.74) is 1.09. The Bertz CT molecular complexity index is 850. The van der Waals surface area contributed by atoms with E-state index in [0.717, 1.165) is 36.0 Å². The number of carbonyl (C=O) groups excluding carboxylic acids is 3. The lowest BCUT2D eigenvalue weighted by atomic mass is 10.1. The normalized spacial score (nSPS) is 21.2. The first-order valence-electron chi connectivity index (χ1n) is 8.89. The quantitative estimate of drug-likeness (QED) is 0.719. The van der Waals surface area contributed by atoms with E-state index in [2.05, 4.69) is 15.5 Å². The number of alkyl carbamates (subject to hydrolysis) is 1. The highest BCUT2D eigenvalue weighted by atomic mass is 35.5. The summed E-state index contributed by atoms with van der Waals surface area (Å²) in [7, 11) is 0. The number of benzene rings is 1. The van der Waals surface area contributed by atoms with Crippen LogP contribution in [0.25, 0.3) is 6.08 Å². The van der Waals surface area contributed by atoms with Gasteiger partial charge in [0.2, 0.25) is 0 Å². The lowest BCUT2D eigenvalue weighted by Gasteiger charge is -2.23. The molecule has 2 fully saturated rings. The molecule has 2 aliphatic heterocycles. The number of thioether (sulfide) groups is 1. The predicted octanol–water partition coefficient (Wildman–Crippen LogP) is 3.77. The third-order valence-electron chi connectivity index (χ3n) is 4.17. The van der Waals surface area contributed by atoms with E-state index < -0.39 is 17.6 Å². The van der Waals surface area contributed by atoms with E-state index in [0.29, 0.717) is 16.5 Å². The second-order valence-corrected chi connectivity index (χ2v) is 9.08. The second kappa shape index (κ2) is 8.05. The predicted molar refractivity (Wildman–Crippen MR) is 111 cm³/mol. The Hall–Kier alpha value is -2.19. The number of hydrogen-bond acceptors (Lipinski definition) is 6. The van der Waals surface area contributed by atoms with Crippen LogP contribution < -0.4 is 15.5 Å². The molecule has 1 aromatic carbocycles. The fraction of sp³-hybridized carbons (Fsp3) is 0.421. The van der Waals surface area contributed by atoms with Gasteiger partial charge in [-0.15, -0.1) is 0 Å². The molecule has 3 amide bonds. The summed E-state index contributed by atoms with van der Waals surface area (Å²) in [6, 6.07) is 5.32. The summed E-state index contributed by atoms with van der Waals surface area (Å²) < 4.78 is 5.32. The minimum absolute atomic E-state index is 0.0555. The van der Waals surface area contributed by atoms with E-state index in [1.54, 1.807) is 12.1 Å². The summed E-state index contributed by atoms with van der Waals surface area (Å²) in [5, 5.41) is 5.33. The van der Waals surface area contributed by atoms with Gasteiger partial charge in [0.1, 0.15) is 5.60 Å². The van der Waals surface area contributed by atoms with Gasteiger partial charge in [-0.3, -0.25) is 14.9 Å². The average Bonchev–Trinajstić information content (AvgIpc) is 3.13. The van der Waals surface area contributed by atoms with Crippen LogP contribution in [0.3, 0.4) is 0 Å². The number of anilines is 1. The molecule has 2 aliphatic rings. The third-order valence-corrected chi connectivity index (χ3v) is 5.22. The first-order chi connectivity index (χ1) is 13.1. The first kappa shape index (κ1) is 20.5. The Balaban J connectivity index is 1.75. The van der Waals surface area contributed by atoms with E-state index in [9.17, 15) is 14.4 Å². The number of carbonyl (C=O) groups is 3. The number of ether oxygens (including phenoxy) is 1. The van der Waals surface area contributed by atoms with Gasteiger partial charge in [-0.05, 0) is 62.7 Å². The fourth-order valence-electron chi connectivity index (χ4n) is 3.05.